The Morgan fingerprint density at radius 2 is 1.91 bits per heavy atom. The molecule has 0 spiro atoms. The third kappa shape index (κ3) is 5.02. The molecule has 1 aromatic carbocycles. The number of nitrogens with one attached hydrogen (secondary N) is 1. The first kappa shape index (κ1) is 16.8. The molecular weight excluding hydrogens is 345 g/mol. The zero-order valence-corrected chi connectivity index (χ0v) is 13.8. The summed E-state index contributed by atoms with van der Waals surface area (Å²) in [5.41, 5.74) is 1.39. The fourth-order valence-electron chi connectivity index (χ4n) is 1.69. The number of halogens is 2. The summed E-state index contributed by atoms with van der Waals surface area (Å²) in [7, 11) is 0. The molecule has 2 rings (SSSR count). The molecule has 0 radical (unpaired) electrons. The summed E-state index contributed by atoms with van der Waals surface area (Å²) >= 11 is 13.4. The van der Waals surface area contributed by atoms with Gasteiger partial charge in [-0.3, -0.25) is 9.59 Å². The van der Waals surface area contributed by atoms with Crippen LogP contribution in [0.1, 0.15) is 12.0 Å². The number of carbonyl (C=O) groups excluding carboxylic acids is 2. The number of carbonyl (C=O) groups is 2. The molecule has 1 N–H and O–H groups in total. The Bertz CT molecular complexity index is 639. The van der Waals surface area contributed by atoms with Crippen LogP contribution in [0.15, 0.2) is 35.0 Å². The second-order valence-electron chi connectivity index (χ2n) is 4.44. The van der Waals surface area contributed by atoms with E-state index in [4.69, 9.17) is 27.9 Å². The maximum Gasteiger partial charge on any atom is 0.306 e. The topological polar surface area (TPSA) is 55.4 Å². The van der Waals surface area contributed by atoms with E-state index in [2.05, 4.69) is 5.32 Å². The van der Waals surface area contributed by atoms with E-state index in [1.54, 1.807) is 29.5 Å². The van der Waals surface area contributed by atoms with Crippen LogP contribution in [-0.2, 0) is 20.7 Å². The van der Waals surface area contributed by atoms with Crippen molar-refractivity contribution in [3.05, 3.63) is 50.6 Å². The first-order valence-corrected chi connectivity index (χ1v) is 8.16. The molecule has 0 aliphatic rings. The molecule has 4 nitrogen and oxygen atoms in total. The van der Waals surface area contributed by atoms with E-state index in [9.17, 15) is 9.59 Å². The molecule has 0 aliphatic heterocycles. The molecule has 0 atom stereocenters. The van der Waals surface area contributed by atoms with E-state index >= 15 is 0 Å². The minimum absolute atomic E-state index is 0.233. The van der Waals surface area contributed by atoms with E-state index in [0.717, 1.165) is 5.56 Å². The van der Waals surface area contributed by atoms with Crippen molar-refractivity contribution in [3.63, 3.8) is 0 Å². The molecule has 1 heterocycles. The quantitative estimate of drug-likeness (QED) is 0.789. The molecule has 0 bridgehead atoms. The second kappa shape index (κ2) is 8.17. The Morgan fingerprint density at radius 1 is 1.18 bits per heavy atom. The smallest absolute Gasteiger partial charge is 0.306 e. The molecule has 1 aromatic heterocycles. The summed E-state index contributed by atoms with van der Waals surface area (Å²) in [6.45, 7) is -0.371. The maximum absolute atomic E-state index is 11.8. The van der Waals surface area contributed by atoms with Crippen molar-refractivity contribution in [2.45, 2.75) is 12.8 Å². The lowest BCUT2D eigenvalue weighted by Gasteiger charge is -2.09. The number of benzene rings is 1. The Morgan fingerprint density at radius 3 is 2.55 bits per heavy atom. The van der Waals surface area contributed by atoms with Crippen LogP contribution in [0, 0.1) is 0 Å². The summed E-state index contributed by atoms with van der Waals surface area (Å²) in [4.78, 5) is 23.3. The third-order valence-corrected chi connectivity index (χ3v) is 4.15. The van der Waals surface area contributed by atoms with E-state index < -0.39 is 11.9 Å². The van der Waals surface area contributed by atoms with Crippen LogP contribution in [0.2, 0.25) is 10.0 Å². The normalized spacial score (nSPS) is 10.3. The number of amides is 1. The summed E-state index contributed by atoms with van der Waals surface area (Å²) in [6.07, 6.45) is 0.831. The Labute approximate surface area is 142 Å². The molecule has 2 aromatic rings. The van der Waals surface area contributed by atoms with Gasteiger partial charge < -0.3 is 10.1 Å². The highest BCUT2D eigenvalue weighted by atomic mass is 35.5. The molecule has 0 saturated heterocycles. The van der Waals surface area contributed by atoms with E-state index in [1.807, 2.05) is 16.8 Å². The number of hydrogen-bond donors (Lipinski definition) is 1. The van der Waals surface area contributed by atoms with Gasteiger partial charge in [0.15, 0.2) is 6.61 Å². The van der Waals surface area contributed by atoms with Crippen molar-refractivity contribution in [1.29, 1.82) is 0 Å². The summed E-state index contributed by atoms with van der Waals surface area (Å²) in [5.74, 6) is -0.912. The minimum atomic E-state index is -0.487. The fourth-order valence-corrected chi connectivity index (χ4v) is 2.89. The number of aryl methyl sites for hydroxylation is 1. The highest BCUT2D eigenvalue weighted by molar-refractivity contribution is 7.07. The largest absolute Gasteiger partial charge is 0.456 e. The van der Waals surface area contributed by atoms with Gasteiger partial charge in [0.05, 0.1) is 15.7 Å². The Hall–Kier alpha value is -1.56. The zero-order chi connectivity index (χ0) is 15.9. The van der Waals surface area contributed by atoms with Gasteiger partial charge in [-0.1, -0.05) is 29.3 Å². The number of thiophene rings is 1. The molecule has 0 unspecified atom stereocenters. The van der Waals surface area contributed by atoms with Gasteiger partial charge >= 0.3 is 5.97 Å². The summed E-state index contributed by atoms with van der Waals surface area (Å²) in [6, 6.07) is 6.83. The van der Waals surface area contributed by atoms with Crippen LogP contribution in [0.25, 0.3) is 0 Å². The molecule has 116 valence electrons. The van der Waals surface area contributed by atoms with Gasteiger partial charge in [0.25, 0.3) is 5.91 Å². The molecular formula is C15H13Cl2NO3S. The van der Waals surface area contributed by atoms with Crippen LogP contribution < -0.4 is 5.32 Å². The molecule has 7 heteroatoms. The lowest BCUT2D eigenvalue weighted by molar-refractivity contribution is -0.147. The van der Waals surface area contributed by atoms with Crippen molar-refractivity contribution in [2.24, 2.45) is 0 Å². The number of esters is 1. The standard InChI is InChI=1S/C15H13Cl2NO3S/c16-11-2-1-3-12(17)15(11)18-13(19)8-21-14(20)5-4-10-6-7-22-9-10/h1-3,6-7,9H,4-5,8H2,(H,18,19). The predicted molar refractivity (Wildman–Crippen MR) is 88.7 cm³/mol. The van der Waals surface area contributed by atoms with Gasteiger partial charge in [-0.05, 0) is 40.9 Å². The van der Waals surface area contributed by atoms with E-state index in [-0.39, 0.29) is 13.0 Å². The highest BCUT2D eigenvalue weighted by Gasteiger charge is 2.12. The zero-order valence-electron chi connectivity index (χ0n) is 11.5. The first-order chi connectivity index (χ1) is 10.6. The van der Waals surface area contributed by atoms with Gasteiger partial charge in [-0.2, -0.15) is 11.3 Å². The van der Waals surface area contributed by atoms with Gasteiger partial charge in [-0.25, -0.2) is 0 Å². The monoisotopic (exact) mass is 357 g/mol. The minimum Gasteiger partial charge on any atom is -0.456 e. The molecule has 0 saturated carbocycles. The van der Waals surface area contributed by atoms with Crippen molar-refractivity contribution < 1.29 is 14.3 Å². The number of para-hydroxylation sites is 1. The Kier molecular flexibility index (Phi) is 6.24. The predicted octanol–water partition coefficient (Wildman–Crippen LogP) is 4.17. The van der Waals surface area contributed by atoms with Gasteiger partial charge in [-0.15, -0.1) is 0 Å². The fraction of sp³-hybridized carbons (Fsp3) is 0.200. The SMILES string of the molecule is O=C(COC(=O)CCc1ccsc1)Nc1c(Cl)cccc1Cl. The van der Waals surface area contributed by atoms with Crippen LogP contribution in [0.3, 0.4) is 0 Å². The van der Waals surface area contributed by atoms with E-state index in [0.29, 0.717) is 22.2 Å². The number of rotatable bonds is 6. The lowest BCUT2D eigenvalue weighted by Crippen LogP contribution is -2.21. The highest BCUT2D eigenvalue weighted by Crippen LogP contribution is 2.29. The van der Waals surface area contributed by atoms with Crippen molar-refractivity contribution in [1.82, 2.24) is 0 Å². The molecule has 22 heavy (non-hydrogen) atoms. The second-order valence-corrected chi connectivity index (χ2v) is 6.03. The van der Waals surface area contributed by atoms with Crippen LogP contribution in [0.5, 0.6) is 0 Å². The maximum atomic E-state index is 11.8. The van der Waals surface area contributed by atoms with E-state index in [1.165, 1.54) is 0 Å². The molecule has 1 amide bonds. The van der Waals surface area contributed by atoms with Gasteiger partial charge in [0.2, 0.25) is 0 Å². The summed E-state index contributed by atoms with van der Waals surface area (Å²) < 4.78 is 4.92. The van der Waals surface area contributed by atoms with Gasteiger partial charge in [0, 0.05) is 6.42 Å². The average molecular weight is 358 g/mol. The summed E-state index contributed by atoms with van der Waals surface area (Å²) in [5, 5.41) is 7.09. The number of hydrogen-bond acceptors (Lipinski definition) is 4. The number of ether oxygens (including phenoxy) is 1. The average Bonchev–Trinajstić information content (AvgIpc) is 3.00. The van der Waals surface area contributed by atoms with Crippen LogP contribution >= 0.6 is 34.5 Å². The van der Waals surface area contributed by atoms with Crippen LogP contribution in [-0.4, -0.2) is 18.5 Å². The van der Waals surface area contributed by atoms with Crippen molar-refractivity contribution in [3.8, 4) is 0 Å². The molecule has 0 fully saturated rings. The first-order valence-electron chi connectivity index (χ1n) is 6.47. The van der Waals surface area contributed by atoms with Crippen molar-refractivity contribution >= 4 is 52.1 Å². The lowest BCUT2D eigenvalue weighted by atomic mass is 10.2. The molecule has 0 aliphatic carbocycles. The third-order valence-electron chi connectivity index (χ3n) is 2.79. The van der Waals surface area contributed by atoms with Crippen LogP contribution in [0.4, 0.5) is 5.69 Å². The number of anilines is 1. The van der Waals surface area contributed by atoms with Crippen molar-refractivity contribution in [2.75, 3.05) is 11.9 Å². The van der Waals surface area contributed by atoms with Gasteiger partial charge in [0.1, 0.15) is 0 Å². The Balaban J connectivity index is 1.76.